The number of carbonyl (C=O) groups excluding carboxylic acids is 1. The molecule has 2 rings (SSSR count). The summed E-state index contributed by atoms with van der Waals surface area (Å²) >= 11 is 0. The molecule has 0 atom stereocenters. The predicted molar refractivity (Wildman–Crippen MR) is 47.6 cm³/mol. The number of carbonyl (C=O) groups is 1. The molecule has 0 aromatic carbocycles. The van der Waals surface area contributed by atoms with Crippen molar-refractivity contribution in [3.8, 4) is 0 Å². The fourth-order valence-corrected chi connectivity index (χ4v) is 1.24. The van der Waals surface area contributed by atoms with Gasteiger partial charge in [-0.1, -0.05) is 6.92 Å². The molecule has 6 nitrogen and oxygen atoms in total. The first-order valence-electron chi connectivity index (χ1n) is 4.41. The summed E-state index contributed by atoms with van der Waals surface area (Å²) in [6.07, 6.45) is 1.31. The van der Waals surface area contributed by atoms with Gasteiger partial charge in [-0.15, -0.1) is 0 Å². The summed E-state index contributed by atoms with van der Waals surface area (Å²) in [4.78, 5) is 15.2. The maximum atomic E-state index is 11.4. The Morgan fingerprint density at radius 3 is 3.07 bits per heavy atom. The van der Waals surface area contributed by atoms with Gasteiger partial charge in [0.25, 0.3) is 5.91 Å². The zero-order chi connectivity index (χ0) is 10.0. The molecule has 1 aromatic heterocycles. The molecule has 14 heavy (non-hydrogen) atoms. The van der Waals surface area contributed by atoms with Crippen molar-refractivity contribution < 1.29 is 9.53 Å². The predicted octanol–water partition coefficient (Wildman–Crippen LogP) is -0.429. The number of nitrogens with zero attached hydrogens (tertiary/aromatic N) is 2. The number of ether oxygens (including phenoxy) is 1. The highest BCUT2D eigenvalue weighted by Crippen LogP contribution is 2.24. The Morgan fingerprint density at radius 2 is 2.57 bits per heavy atom. The van der Waals surface area contributed by atoms with E-state index < -0.39 is 0 Å². The minimum Gasteiger partial charge on any atom is -0.380 e. The van der Waals surface area contributed by atoms with Crippen LogP contribution in [0.3, 0.4) is 0 Å². The van der Waals surface area contributed by atoms with Crippen molar-refractivity contribution in [1.29, 1.82) is 0 Å². The lowest BCUT2D eigenvalue weighted by Crippen LogP contribution is -2.48. The highest BCUT2D eigenvalue weighted by Gasteiger charge is 2.33. The standard InChI is InChI=1S/C8H12N4O2/c1-8(3-14-4-8)2-9-7(13)6-10-5-11-12-6/h5H,2-4H2,1H3,(H,9,13)(H,10,11,12). The second kappa shape index (κ2) is 3.38. The molecule has 2 heterocycles. The number of H-pyrrole nitrogens is 1. The third kappa shape index (κ3) is 1.74. The van der Waals surface area contributed by atoms with E-state index in [0.717, 1.165) is 0 Å². The van der Waals surface area contributed by atoms with Crippen molar-refractivity contribution in [3.05, 3.63) is 12.2 Å². The second-order valence-corrected chi connectivity index (χ2v) is 3.82. The van der Waals surface area contributed by atoms with Gasteiger partial charge >= 0.3 is 0 Å². The number of hydrogen-bond donors (Lipinski definition) is 2. The maximum absolute atomic E-state index is 11.4. The molecule has 0 saturated carbocycles. The number of amides is 1. The fourth-order valence-electron chi connectivity index (χ4n) is 1.24. The average molecular weight is 196 g/mol. The molecule has 0 radical (unpaired) electrons. The monoisotopic (exact) mass is 196 g/mol. The normalized spacial score (nSPS) is 18.6. The lowest BCUT2D eigenvalue weighted by Gasteiger charge is -2.37. The molecule has 1 saturated heterocycles. The number of nitrogens with one attached hydrogen (secondary N) is 2. The van der Waals surface area contributed by atoms with Crippen LogP contribution in [0.5, 0.6) is 0 Å². The summed E-state index contributed by atoms with van der Waals surface area (Å²) in [6, 6.07) is 0. The first-order valence-corrected chi connectivity index (χ1v) is 4.41. The molecule has 2 N–H and O–H groups in total. The molecule has 0 bridgehead atoms. The van der Waals surface area contributed by atoms with E-state index in [4.69, 9.17) is 4.74 Å². The molecule has 0 unspecified atom stereocenters. The molecule has 1 aliphatic rings. The third-order valence-electron chi connectivity index (χ3n) is 2.21. The van der Waals surface area contributed by atoms with Crippen LogP contribution in [0.15, 0.2) is 6.33 Å². The van der Waals surface area contributed by atoms with Crippen LogP contribution in [0, 0.1) is 5.41 Å². The van der Waals surface area contributed by atoms with Crippen LogP contribution in [0.1, 0.15) is 17.5 Å². The Hall–Kier alpha value is -1.43. The van der Waals surface area contributed by atoms with Crippen LogP contribution in [-0.4, -0.2) is 40.8 Å². The number of aromatic nitrogens is 3. The molecule has 0 aliphatic carbocycles. The second-order valence-electron chi connectivity index (χ2n) is 3.82. The molecule has 76 valence electrons. The zero-order valence-electron chi connectivity index (χ0n) is 7.91. The van der Waals surface area contributed by atoms with Gasteiger partial charge in [0.05, 0.1) is 13.2 Å². The molecular formula is C8H12N4O2. The SMILES string of the molecule is CC1(CNC(=O)c2ncn[nH]2)COC1. The van der Waals surface area contributed by atoms with Crippen molar-refractivity contribution in [3.63, 3.8) is 0 Å². The largest absolute Gasteiger partial charge is 0.380 e. The van der Waals surface area contributed by atoms with E-state index in [-0.39, 0.29) is 17.1 Å². The smallest absolute Gasteiger partial charge is 0.288 e. The molecular weight excluding hydrogens is 184 g/mol. The Bertz CT molecular complexity index is 318. The van der Waals surface area contributed by atoms with Crippen molar-refractivity contribution >= 4 is 5.91 Å². The van der Waals surface area contributed by atoms with E-state index in [0.29, 0.717) is 19.8 Å². The first-order chi connectivity index (χ1) is 6.70. The minimum atomic E-state index is -0.226. The van der Waals surface area contributed by atoms with Crippen molar-refractivity contribution in [2.24, 2.45) is 5.41 Å². The van der Waals surface area contributed by atoms with Crippen LogP contribution < -0.4 is 5.32 Å². The topological polar surface area (TPSA) is 79.9 Å². The number of rotatable bonds is 3. The van der Waals surface area contributed by atoms with Crippen molar-refractivity contribution in [1.82, 2.24) is 20.5 Å². The Kier molecular flexibility index (Phi) is 2.20. The summed E-state index contributed by atoms with van der Waals surface area (Å²) in [5, 5.41) is 8.88. The molecule has 1 amide bonds. The van der Waals surface area contributed by atoms with Gasteiger partial charge in [-0.25, -0.2) is 4.98 Å². The third-order valence-corrected chi connectivity index (χ3v) is 2.21. The fraction of sp³-hybridized carbons (Fsp3) is 0.625. The van der Waals surface area contributed by atoms with Gasteiger partial charge in [-0.3, -0.25) is 9.89 Å². The molecule has 6 heteroatoms. The van der Waals surface area contributed by atoms with Gasteiger partial charge in [0.15, 0.2) is 0 Å². The number of aromatic amines is 1. The molecule has 0 spiro atoms. The highest BCUT2D eigenvalue weighted by molar-refractivity contribution is 5.90. The van der Waals surface area contributed by atoms with Crippen LogP contribution in [0.4, 0.5) is 0 Å². The van der Waals surface area contributed by atoms with Gasteiger partial charge < -0.3 is 10.1 Å². The molecule has 1 aliphatic heterocycles. The molecule has 1 aromatic rings. The van der Waals surface area contributed by atoms with E-state index in [2.05, 4.69) is 27.4 Å². The average Bonchev–Trinajstić information content (AvgIpc) is 2.63. The Morgan fingerprint density at radius 1 is 1.79 bits per heavy atom. The van der Waals surface area contributed by atoms with Crippen LogP contribution >= 0.6 is 0 Å². The lowest BCUT2D eigenvalue weighted by molar-refractivity contribution is -0.0978. The van der Waals surface area contributed by atoms with E-state index in [1.807, 2.05) is 0 Å². The van der Waals surface area contributed by atoms with Gasteiger partial charge in [-0.05, 0) is 0 Å². The van der Waals surface area contributed by atoms with E-state index in [1.165, 1.54) is 6.33 Å². The Balaban J connectivity index is 1.84. The van der Waals surface area contributed by atoms with Gasteiger partial charge in [0, 0.05) is 12.0 Å². The quantitative estimate of drug-likeness (QED) is 0.687. The number of hydrogen-bond acceptors (Lipinski definition) is 4. The van der Waals surface area contributed by atoms with E-state index >= 15 is 0 Å². The minimum absolute atomic E-state index is 0.0790. The van der Waals surface area contributed by atoms with Crippen molar-refractivity contribution in [2.45, 2.75) is 6.92 Å². The van der Waals surface area contributed by atoms with Crippen LogP contribution in [0.2, 0.25) is 0 Å². The van der Waals surface area contributed by atoms with E-state index in [9.17, 15) is 4.79 Å². The summed E-state index contributed by atoms with van der Waals surface area (Å²) in [5.41, 5.74) is 0.0790. The summed E-state index contributed by atoms with van der Waals surface area (Å²) < 4.78 is 5.07. The van der Waals surface area contributed by atoms with Crippen LogP contribution in [-0.2, 0) is 4.74 Å². The highest BCUT2D eigenvalue weighted by atomic mass is 16.5. The summed E-state index contributed by atoms with van der Waals surface area (Å²) in [5.74, 6) is 0.0180. The van der Waals surface area contributed by atoms with Gasteiger partial charge in [0.2, 0.25) is 5.82 Å². The first kappa shape index (κ1) is 9.14. The zero-order valence-corrected chi connectivity index (χ0v) is 7.91. The summed E-state index contributed by atoms with van der Waals surface area (Å²) in [6.45, 7) is 4.07. The maximum Gasteiger partial charge on any atom is 0.288 e. The molecule has 1 fully saturated rings. The van der Waals surface area contributed by atoms with Gasteiger partial charge in [0.1, 0.15) is 6.33 Å². The van der Waals surface area contributed by atoms with E-state index in [1.54, 1.807) is 0 Å². The van der Waals surface area contributed by atoms with Gasteiger partial charge in [-0.2, -0.15) is 5.10 Å². The Labute approximate surface area is 81.1 Å². The van der Waals surface area contributed by atoms with Crippen molar-refractivity contribution in [2.75, 3.05) is 19.8 Å². The lowest BCUT2D eigenvalue weighted by atomic mass is 9.89. The summed E-state index contributed by atoms with van der Waals surface area (Å²) in [7, 11) is 0. The van der Waals surface area contributed by atoms with Crippen LogP contribution in [0.25, 0.3) is 0 Å².